The van der Waals surface area contributed by atoms with Gasteiger partial charge >= 0.3 is 0 Å². The third-order valence-electron chi connectivity index (χ3n) is 2.28. The van der Waals surface area contributed by atoms with Crippen molar-refractivity contribution >= 4 is 11.8 Å². The predicted molar refractivity (Wildman–Crippen MR) is 64.4 cm³/mol. The summed E-state index contributed by atoms with van der Waals surface area (Å²) in [5.41, 5.74) is 7.24. The van der Waals surface area contributed by atoms with Gasteiger partial charge in [-0.3, -0.25) is 0 Å². The zero-order chi connectivity index (χ0) is 12.4. The van der Waals surface area contributed by atoms with Gasteiger partial charge in [0.2, 0.25) is 0 Å². The highest BCUT2D eigenvalue weighted by Gasteiger charge is 2.10. The minimum absolute atomic E-state index is 0.174. The third kappa shape index (κ3) is 2.87. The van der Waals surface area contributed by atoms with Crippen LogP contribution in [-0.4, -0.2) is 4.98 Å². The van der Waals surface area contributed by atoms with Crippen molar-refractivity contribution in [3.8, 4) is 0 Å². The summed E-state index contributed by atoms with van der Waals surface area (Å²) in [4.78, 5) is 4.59. The summed E-state index contributed by atoms with van der Waals surface area (Å²) in [5, 5.41) is 0.440. The molecule has 0 aliphatic carbocycles. The molecule has 0 aliphatic heterocycles. The molecule has 0 radical (unpaired) electrons. The maximum absolute atomic E-state index is 13.8. The number of oxazole rings is 1. The normalized spacial score (nSPS) is 12.7. The summed E-state index contributed by atoms with van der Waals surface area (Å²) in [6.07, 6.45) is 1.54. The van der Waals surface area contributed by atoms with Crippen LogP contribution in [0.1, 0.15) is 24.2 Å². The summed E-state index contributed by atoms with van der Waals surface area (Å²) in [5.74, 6) is -0.305. The fourth-order valence-corrected chi connectivity index (χ4v) is 2.12. The van der Waals surface area contributed by atoms with E-state index in [1.807, 2.05) is 19.9 Å². The van der Waals surface area contributed by atoms with Crippen molar-refractivity contribution in [2.24, 2.45) is 5.73 Å². The number of aryl methyl sites for hydroxylation is 1. The number of rotatable bonds is 3. The maximum atomic E-state index is 13.8. The van der Waals surface area contributed by atoms with E-state index in [0.717, 1.165) is 23.0 Å². The van der Waals surface area contributed by atoms with Crippen LogP contribution >= 0.6 is 11.8 Å². The van der Waals surface area contributed by atoms with E-state index < -0.39 is 0 Å². The van der Waals surface area contributed by atoms with Crippen LogP contribution in [0.4, 0.5) is 4.39 Å². The minimum atomic E-state index is -0.305. The van der Waals surface area contributed by atoms with E-state index in [4.69, 9.17) is 10.2 Å². The Bertz CT molecular complexity index is 525. The van der Waals surface area contributed by atoms with E-state index in [-0.39, 0.29) is 11.9 Å². The second kappa shape index (κ2) is 4.89. The van der Waals surface area contributed by atoms with Gasteiger partial charge < -0.3 is 10.2 Å². The summed E-state index contributed by atoms with van der Waals surface area (Å²) >= 11 is 1.16. The lowest BCUT2D eigenvalue weighted by molar-refractivity contribution is 0.453. The van der Waals surface area contributed by atoms with Gasteiger partial charge in [-0.15, -0.1) is 0 Å². The Hall–Kier alpha value is -1.33. The molecule has 0 saturated heterocycles. The fourth-order valence-electron chi connectivity index (χ4n) is 1.36. The first-order chi connectivity index (χ1) is 8.06. The van der Waals surface area contributed by atoms with Crippen molar-refractivity contribution in [3.05, 3.63) is 41.5 Å². The maximum Gasteiger partial charge on any atom is 0.260 e. The molecule has 2 rings (SSSR count). The zero-order valence-electron chi connectivity index (χ0n) is 9.61. The number of nitrogens with two attached hydrogens (primary N) is 1. The van der Waals surface area contributed by atoms with E-state index in [1.54, 1.807) is 6.07 Å². The smallest absolute Gasteiger partial charge is 0.260 e. The van der Waals surface area contributed by atoms with E-state index in [2.05, 4.69) is 4.98 Å². The second-order valence-corrected chi connectivity index (χ2v) is 4.83. The first kappa shape index (κ1) is 12.1. The Kier molecular flexibility index (Phi) is 3.49. The minimum Gasteiger partial charge on any atom is -0.439 e. The summed E-state index contributed by atoms with van der Waals surface area (Å²) in [6, 6.07) is 4.78. The number of nitrogens with zero attached hydrogens (tertiary/aromatic N) is 1. The molecule has 2 N–H and O–H groups in total. The summed E-state index contributed by atoms with van der Waals surface area (Å²) in [6.45, 7) is 3.64. The molecule has 0 amide bonds. The summed E-state index contributed by atoms with van der Waals surface area (Å²) < 4.78 is 18.9. The molecule has 3 nitrogen and oxygen atoms in total. The van der Waals surface area contributed by atoms with E-state index in [9.17, 15) is 4.39 Å². The molecule has 1 atom stereocenters. The van der Waals surface area contributed by atoms with Gasteiger partial charge in [0, 0.05) is 6.04 Å². The van der Waals surface area contributed by atoms with Crippen LogP contribution in [0, 0.1) is 12.7 Å². The number of halogens is 1. The molecule has 0 bridgehead atoms. The molecule has 0 fully saturated rings. The van der Waals surface area contributed by atoms with Crippen molar-refractivity contribution in [2.75, 3.05) is 0 Å². The van der Waals surface area contributed by atoms with Crippen molar-refractivity contribution < 1.29 is 8.81 Å². The third-order valence-corrected chi connectivity index (χ3v) is 3.19. The molecule has 0 saturated carbocycles. The first-order valence-corrected chi connectivity index (χ1v) is 6.03. The van der Waals surface area contributed by atoms with Gasteiger partial charge in [-0.05, 0) is 43.3 Å². The molecule has 1 aromatic carbocycles. The molecule has 90 valence electrons. The van der Waals surface area contributed by atoms with E-state index >= 15 is 0 Å². The van der Waals surface area contributed by atoms with Crippen LogP contribution in [0.25, 0.3) is 0 Å². The van der Waals surface area contributed by atoms with Gasteiger partial charge in [0.25, 0.3) is 5.22 Å². The molecule has 17 heavy (non-hydrogen) atoms. The van der Waals surface area contributed by atoms with Crippen LogP contribution in [0.5, 0.6) is 0 Å². The van der Waals surface area contributed by atoms with Gasteiger partial charge in [0.15, 0.2) is 0 Å². The number of aromatic nitrogens is 1. The van der Waals surface area contributed by atoms with Crippen molar-refractivity contribution in [3.63, 3.8) is 0 Å². The molecule has 2 aromatic rings. The average Bonchev–Trinajstić information content (AvgIpc) is 2.67. The lowest BCUT2D eigenvalue weighted by Crippen LogP contribution is -2.05. The number of benzene rings is 1. The van der Waals surface area contributed by atoms with Gasteiger partial charge in [-0.1, -0.05) is 6.07 Å². The molecule has 0 unspecified atom stereocenters. The standard InChI is InChI=1S/C12H13FN2OS/c1-7-6-16-12(15-7)17-11-4-3-9(8(2)14)5-10(11)13/h3-6,8H,14H2,1-2H3/t8-/m0/s1. The molecule has 1 heterocycles. The summed E-state index contributed by atoms with van der Waals surface area (Å²) in [7, 11) is 0. The number of hydrogen-bond donors (Lipinski definition) is 1. The van der Waals surface area contributed by atoms with Crippen molar-refractivity contribution in [1.82, 2.24) is 4.98 Å². The SMILES string of the molecule is Cc1coc(Sc2ccc([C@H](C)N)cc2F)n1. The van der Waals surface area contributed by atoms with Gasteiger partial charge in [-0.2, -0.15) is 0 Å². The highest BCUT2D eigenvalue weighted by molar-refractivity contribution is 7.99. The highest BCUT2D eigenvalue weighted by atomic mass is 32.2. The van der Waals surface area contributed by atoms with Crippen molar-refractivity contribution in [1.29, 1.82) is 0 Å². The quantitative estimate of drug-likeness (QED) is 0.910. The van der Waals surface area contributed by atoms with Crippen LogP contribution in [0.15, 0.2) is 39.0 Å². The second-order valence-electron chi connectivity index (χ2n) is 3.84. The highest BCUT2D eigenvalue weighted by Crippen LogP contribution is 2.30. The Morgan fingerprint density at radius 3 is 2.76 bits per heavy atom. The molecular formula is C12H13FN2OS. The topological polar surface area (TPSA) is 52.0 Å². The Morgan fingerprint density at radius 2 is 2.24 bits per heavy atom. The Labute approximate surface area is 103 Å². The Balaban J connectivity index is 2.22. The van der Waals surface area contributed by atoms with Gasteiger partial charge in [-0.25, -0.2) is 9.37 Å². The lowest BCUT2D eigenvalue weighted by Gasteiger charge is -2.07. The van der Waals surface area contributed by atoms with E-state index in [0.29, 0.717) is 10.1 Å². The molecule has 1 aromatic heterocycles. The van der Waals surface area contributed by atoms with Crippen molar-refractivity contribution in [2.45, 2.75) is 30.0 Å². The van der Waals surface area contributed by atoms with Gasteiger partial charge in [0.05, 0.1) is 10.6 Å². The lowest BCUT2D eigenvalue weighted by atomic mass is 10.1. The van der Waals surface area contributed by atoms with Crippen LogP contribution in [0.2, 0.25) is 0 Å². The monoisotopic (exact) mass is 252 g/mol. The molecular weight excluding hydrogens is 239 g/mol. The predicted octanol–water partition coefficient (Wildman–Crippen LogP) is 3.29. The number of hydrogen-bond acceptors (Lipinski definition) is 4. The van der Waals surface area contributed by atoms with Gasteiger partial charge in [0.1, 0.15) is 12.1 Å². The molecule has 0 spiro atoms. The first-order valence-electron chi connectivity index (χ1n) is 5.21. The van der Waals surface area contributed by atoms with Crippen LogP contribution in [-0.2, 0) is 0 Å². The fraction of sp³-hybridized carbons (Fsp3) is 0.250. The van der Waals surface area contributed by atoms with E-state index in [1.165, 1.54) is 12.3 Å². The average molecular weight is 252 g/mol. The van der Waals surface area contributed by atoms with Crippen LogP contribution < -0.4 is 5.73 Å². The van der Waals surface area contributed by atoms with Crippen LogP contribution in [0.3, 0.4) is 0 Å². The Morgan fingerprint density at radius 1 is 1.47 bits per heavy atom. The molecule has 5 heteroatoms. The largest absolute Gasteiger partial charge is 0.439 e. The molecule has 0 aliphatic rings. The zero-order valence-corrected chi connectivity index (χ0v) is 10.4.